The van der Waals surface area contributed by atoms with Gasteiger partial charge in [-0.2, -0.15) is 5.10 Å². The lowest BCUT2D eigenvalue weighted by Crippen LogP contribution is -2.19. The van der Waals surface area contributed by atoms with Gasteiger partial charge in [-0.05, 0) is 57.2 Å². The van der Waals surface area contributed by atoms with Gasteiger partial charge in [0.25, 0.3) is 0 Å². The average Bonchev–Trinajstić information content (AvgIpc) is 3.32. The number of hydrogen-bond acceptors (Lipinski definition) is 5. The van der Waals surface area contributed by atoms with Gasteiger partial charge in [-0.3, -0.25) is 4.79 Å². The zero-order valence-electron chi connectivity index (χ0n) is 19.7. The minimum atomic E-state index is -0.245. The first kappa shape index (κ1) is 24.7. The van der Waals surface area contributed by atoms with Gasteiger partial charge in [0, 0.05) is 25.7 Å². The summed E-state index contributed by atoms with van der Waals surface area (Å²) in [6.07, 6.45) is 2.55. The van der Waals surface area contributed by atoms with E-state index in [0.717, 1.165) is 36.0 Å². The molecule has 0 amide bonds. The molecule has 1 fully saturated rings. The molecule has 29 heavy (non-hydrogen) atoms. The topological polar surface area (TPSA) is 60.2 Å². The number of hydrogen-bond donors (Lipinski definition) is 0. The molecule has 0 N–H and O–H groups in total. The monoisotopic (exact) mass is 402 g/mol. The number of anilines is 1. The van der Waals surface area contributed by atoms with Crippen LogP contribution in [0.2, 0.25) is 0 Å². The van der Waals surface area contributed by atoms with Crippen LogP contribution in [0, 0.1) is 20.8 Å². The Morgan fingerprint density at radius 1 is 1.07 bits per heavy atom. The first-order valence-electron chi connectivity index (χ1n) is 10.6. The molecular formula is C23H38N4O2. The van der Waals surface area contributed by atoms with Crippen LogP contribution in [0.15, 0.2) is 12.1 Å². The molecular weight excluding hydrogens is 364 g/mol. The maximum absolute atomic E-state index is 9.59. The number of carbonyl (C=O) groups excluding carboxylic acids is 1. The van der Waals surface area contributed by atoms with Crippen molar-refractivity contribution in [3.63, 3.8) is 0 Å². The van der Waals surface area contributed by atoms with Crippen LogP contribution in [-0.2, 0) is 9.53 Å². The van der Waals surface area contributed by atoms with Crippen LogP contribution < -0.4 is 4.90 Å². The normalized spacial score (nSPS) is 12.8. The van der Waals surface area contributed by atoms with E-state index in [4.69, 9.17) is 10.1 Å². The number of methoxy groups -OCH3 is 1. The van der Waals surface area contributed by atoms with E-state index in [2.05, 4.69) is 61.1 Å². The fourth-order valence-corrected chi connectivity index (χ4v) is 3.61. The number of carbonyl (C=O) groups is 1. The van der Waals surface area contributed by atoms with Gasteiger partial charge in [0.1, 0.15) is 5.82 Å². The van der Waals surface area contributed by atoms with Gasteiger partial charge in [0.05, 0.1) is 24.2 Å². The third kappa shape index (κ3) is 6.31. The lowest BCUT2D eigenvalue weighted by atomic mass is 10.0. The lowest BCUT2D eigenvalue weighted by molar-refractivity contribution is -0.137. The molecule has 0 radical (unpaired) electrons. The fraction of sp³-hybridized carbons (Fsp3) is 0.609. The maximum Gasteiger partial charge on any atom is 0.302 e. The molecule has 1 saturated heterocycles. The molecule has 0 spiro atoms. The molecule has 3 heterocycles. The van der Waals surface area contributed by atoms with Crippen molar-refractivity contribution < 1.29 is 9.53 Å². The molecule has 1 aliphatic rings. The van der Waals surface area contributed by atoms with E-state index in [9.17, 15) is 4.79 Å². The number of aromatic nitrogens is 3. The van der Waals surface area contributed by atoms with Crippen molar-refractivity contribution in [2.75, 3.05) is 25.1 Å². The van der Waals surface area contributed by atoms with E-state index in [0.29, 0.717) is 5.92 Å². The van der Waals surface area contributed by atoms with E-state index in [1.807, 2.05) is 13.8 Å². The summed E-state index contributed by atoms with van der Waals surface area (Å²) < 4.78 is 6.17. The van der Waals surface area contributed by atoms with Gasteiger partial charge in [0.2, 0.25) is 0 Å². The molecule has 0 bridgehead atoms. The Morgan fingerprint density at radius 3 is 2.03 bits per heavy atom. The van der Waals surface area contributed by atoms with Crippen molar-refractivity contribution >= 4 is 11.8 Å². The quantitative estimate of drug-likeness (QED) is 0.667. The first-order valence-corrected chi connectivity index (χ1v) is 10.6. The second kappa shape index (κ2) is 11.6. The Morgan fingerprint density at radius 2 is 1.62 bits per heavy atom. The number of pyridine rings is 1. The molecule has 0 aromatic carbocycles. The van der Waals surface area contributed by atoms with Crippen molar-refractivity contribution in [1.82, 2.24) is 14.8 Å². The number of nitrogens with zero attached hydrogens (tertiary/aromatic N) is 4. The molecule has 6 heteroatoms. The van der Waals surface area contributed by atoms with E-state index in [1.54, 1.807) is 0 Å². The summed E-state index contributed by atoms with van der Waals surface area (Å²) in [7, 11) is 1.35. The summed E-state index contributed by atoms with van der Waals surface area (Å²) >= 11 is 0. The third-order valence-corrected chi connectivity index (χ3v) is 4.91. The van der Waals surface area contributed by atoms with E-state index in [1.165, 1.54) is 38.1 Å². The van der Waals surface area contributed by atoms with Gasteiger partial charge in [-0.1, -0.05) is 27.7 Å². The fourth-order valence-electron chi connectivity index (χ4n) is 3.61. The van der Waals surface area contributed by atoms with Gasteiger partial charge in [0.15, 0.2) is 0 Å². The smallest absolute Gasteiger partial charge is 0.302 e. The summed E-state index contributed by atoms with van der Waals surface area (Å²) in [6.45, 7) is 18.4. The minimum Gasteiger partial charge on any atom is -0.469 e. The predicted octanol–water partition coefficient (Wildman–Crippen LogP) is 5.12. The highest BCUT2D eigenvalue weighted by molar-refractivity contribution is 5.65. The van der Waals surface area contributed by atoms with E-state index in [-0.39, 0.29) is 5.97 Å². The molecule has 0 unspecified atom stereocenters. The largest absolute Gasteiger partial charge is 0.469 e. The van der Waals surface area contributed by atoms with Crippen LogP contribution in [-0.4, -0.2) is 40.9 Å². The Bertz CT molecular complexity index is 790. The number of aryl methyl sites for hydroxylation is 2. The van der Waals surface area contributed by atoms with Crippen molar-refractivity contribution in [2.45, 2.75) is 74.1 Å². The van der Waals surface area contributed by atoms with Crippen LogP contribution in [0.25, 0.3) is 5.69 Å². The van der Waals surface area contributed by atoms with Gasteiger partial charge in [-0.15, -0.1) is 0 Å². The first-order chi connectivity index (χ1) is 13.8. The molecule has 162 valence electrons. The molecule has 2 aromatic heterocycles. The van der Waals surface area contributed by atoms with E-state index >= 15 is 0 Å². The third-order valence-electron chi connectivity index (χ3n) is 4.91. The highest BCUT2D eigenvalue weighted by Crippen LogP contribution is 2.27. The van der Waals surface area contributed by atoms with Crippen LogP contribution in [0.4, 0.5) is 5.82 Å². The minimum absolute atomic E-state index is 0.245. The zero-order chi connectivity index (χ0) is 22.1. The molecule has 0 saturated carbocycles. The Labute approximate surface area is 176 Å². The molecule has 0 atom stereocenters. The van der Waals surface area contributed by atoms with Gasteiger partial charge >= 0.3 is 5.97 Å². The maximum atomic E-state index is 9.59. The molecule has 6 nitrogen and oxygen atoms in total. The summed E-state index contributed by atoms with van der Waals surface area (Å²) in [5.74, 6) is 1.35. The van der Waals surface area contributed by atoms with Crippen LogP contribution in [0.3, 0.4) is 0 Å². The van der Waals surface area contributed by atoms with Gasteiger partial charge < -0.3 is 9.64 Å². The highest BCUT2D eigenvalue weighted by atomic mass is 16.5. The van der Waals surface area contributed by atoms with Gasteiger partial charge in [-0.25, -0.2) is 9.67 Å². The molecule has 0 aliphatic carbocycles. The predicted molar refractivity (Wildman–Crippen MR) is 120 cm³/mol. The Kier molecular flexibility index (Phi) is 9.86. The molecule has 2 aromatic rings. The summed E-state index contributed by atoms with van der Waals surface area (Å²) in [5, 5.41) is 4.75. The highest BCUT2D eigenvalue weighted by Gasteiger charge is 2.18. The molecule has 3 rings (SSSR count). The number of ether oxygens (including phenoxy) is 1. The second-order valence-electron chi connectivity index (χ2n) is 7.31. The average molecular weight is 403 g/mol. The number of rotatable bonds is 3. The summed E-state index contributed by atoms with van der Waals surface area (Å²) in [5.41, 5.74) is 5.84. The number of esters is 1. The van der Waals surface area contributed by atoms with E-state index < -0.39 is 0 Å². The second-order valence-corrected chi connectivity index (χ2v) is 7.31. The Hall–Kier alpha value is -2.37. The van der Waals surface area contributed by atoms with Crippen molar-refractivity contribution in [1.29, 1.82) is 0 Å². The molecule has 1 aliphatic heterocycles. The SMILES string of the molecule is CC.COC(C)=O.Cc1nc(N2CCCC2)ccc1-n1nc(C)c(C(C)C)c1C. The Balaban J connectivity index is 0.000000527. The lowest BCUT2D eigenvalue weighted by Gasteiger charge is -2.18. The van der Waals surface area contributed by atoms with Crippen molar-refractivity contribution in [2.24, 2.45) is 0 Å². The van der Waals surface area contributed by atoms with Crippen LogP contribution in [0.5, 0.6) is 0 Å². The van der Waals surface area contributed by atoms with Crippen LogP contribution >= 0.6 is 0 Å². The summed E-state index contributed by atoms with van der Waals surface area (Å²) in [6, 6.07) is 4.30. The zero-order valence-corrected chi connectivity index (χ0v) is 19.7. The van der Waals surface area contributed by atoms with Crippen molar-refractivity contribution in [3.05, 3.63) is 34.8 Å². The van der Waals surface area contributed by atoms with Crippen molar-refractivity contribution in [3.8, 4) is 5.69 Å². The summed E-state index contributed by atoms with van der Waals surface area (Å²) in [4.78, 5) is 16.8. The standard InChI is InChI=1S/C18H26N4.C3H6O2.C2H6/c1-12(2)18-14(4)20-22(15(18)5)16-8-9-17(19-13(16)3)21-10-6-7-11-21;1-3(4)5-2;1-2/h8-9,12H,6-7,10-11H2,1-5H3;1-2H3;1-2H3. The van der Waals surface area contributed by atoms with Crippen LogP contribution in [0.1, 0.15) is 76.0 Å².